The van der Waals surface area contributed by atoms with E-state index >= 15 is 0 Å². The van der Waals surface area contributed by atoms with Gasteiger partial charge in [-0.25, -0.2) is 4.98 Å². The number of nitrogens with zero attached hydrogens (tertiary/aromatic N) is 3. The standard InChI is InChI=1S/C8H6N4O4/c1-4-6(11(13)14)2-5-7(10-3-9-5)8(4)12(15)16/h2-3H,1H3,(H,9,10). The molecule has 0 aliphatic carbocycles. The molecule has 1 aromatic heterocycles. The fourth-order valence-corrected chi connectivity index (χ4v) is 1.56. The zero-order valence-electron chi connectivity index (χ0n) is 8.13. The van der Waals surface area contributed by atoms with Gasteiger partial charge >= 0.3 is 5.69 Å². The summed E-state index contributed by atoms with van der Waals surface area (Å²) in [5.74, 6) is 0. The van der Waals surface area contributed by atoms with Crippen LogP contribution in [-0.2, 0) is 0 Å². The van der Waals surface area contributed by atoms with Crippen molar-refractivity contribution < 1.29 is 9.85 Å². The molecule has 82 valence electrons. The number of aromatic amines is 1. The van der Waals surface area contributed by atoms with E-state index in [1.54, 1.807) is 0 Å². The molecule has 16 heavy (non-hydrogen) atoms. The molecular formula is C8H6N4O4. The highest BCUT2D eigenvalue weighted by atomic mass is 16.6. The number of rotatable bonds is 2. The molecule has 1 heterocycles. The van der Waals surface area contributed by atoms with Crippen LogP contribution in [0.5, 0.6) is 0 Å². The molecule has 0 spiro atoms. The van der Waals surface area contributed by atoms with E-state index in [-0.39, 0.29) is 28.0 Å². The summed E-state index contributed by atoms with van der Waals surface area (Å²) < 4.78 is 0. The van der Waals surface area contributed by atoms with E-state index in [0.29, 0.717) is 0 Å². The van der Waals surface area contributed by atoms with Crippen molar-refractivity contribution in [3.8, 4) is 0 Å². The van der Waals surface area contributed by atoms with Gasteiger partial charge in [-0.2, -0.15) is 0 Å². The number of benzene rings is 1. The molecule has 0 saturated carbocycles. The molecule has 0 atom stereocenters. The number of hydrogen-bond donors (Lipinski definition) is 1. The van der Waals surface area contributed by atoms with Crippen molar-refractivity contribution in [2.24, 2.45) is 0 Å². The van der Waals surface area contributed by atoms with E-state index in [0.717, 1.165) is 0 Å². The Morgan fingerprint density at radius 1 is 1.31 bits per heavy atom. The summed E-state index contributed by atoms with van der Waals surface area (Å²) in [7, 11) is 0. The van der Waals surface area contributed by atoms with Crippen molar-refractivity contribution in [1.29, 1.82) is 0 Å². The maximum absolute atomic E-state index is 10.8. The van der Waals surface area contributed by atoms with Gasteiger partial charge in [-0.05, 0) is 6.92 Å². The summed E-state index contributed by atoms with van der Waals surface area (Å²) in [5.41, 5.74) is -0.194. The lowest BCUT2D eigenvalue weighted by Gasteiger charge is -1.99. The third-order valence-electron chi connectivity index (χ3n) is 2.29. The van der Waals surface area contributed by atoms with Crippen molar-refractivity contribution in [3.05, 3.63) is 38.2 Å². The number of nitro groups is 2. The van der Waals surface area contributed by atoms with Crippen LogP contribution in [0.25, 0.3) is 11.0 Å². The highest BCUT2D eigenvalue weighted by Crippen LogP contribution is 2.33. The van der Waals surface area contributed by atoms with Crippen LogP contribution in [0.15, 0.2) is 12.4 Å². The molecule has 0 aliphatic rings. The lowest BCUT2D eigenvalue weighted by Crippen LogP contribution is -1.98. The molecule has 0 unspecified atom stereocenters. The average Bonchev–Trinajstić information content (AvgIpc) is 2.62. The molecular weight excluding hydrogens is 216 g/mol. The van der Waals surface area contributed by atoms with Crippen LogP contribution in [0, 0.1) is 27.2 Å². The van der Waals surface area contributed by atoms with Crippen molar-refractivity contribution in [3.63, 3.8) is 0 Å². The molecule has 8 nitrogen and oxygen atoms in total. The quantitative estimate of drug-likeness (QED) is 0.613. The average molecular weight is 222 g/mol. The molecule has 2 rings (SSSR count). The maximum Gasteiger partial charge on any atom is 0.306 e. The third-order valence-corrected chi connectivity index (χ3v) is 2.29. The first kappa shape index (κ1) is 10.0. The highest BCUT2D eigenvalue weighted by molar-refractivity contribution is 5.89. The largest absolute Gasteiger partial charge is 0.344 e. The number of nitro benzene ring substituents is 2. The van der Waals surface area contributed by atoms with Gasteiger partial charge in [0.25, 0.3) is 5.69 Å². The molecule has 8 heteroatoms. The van der Waals surface area contributed by atoms with Gasteiger partial charge in [0, 0.05) is 6.07 Å². The topological polar surface area (TPSA) is 115 Å². The molecule has 0 amide bonds. The Kier molecular flexibility index (Phi) is 2.04. The summed E-state index contributed by atoms with van der Waals surface area (Å²) >= 11 is 0. The van der Waals surface area contributed by atoms with Gasteiger partial charge in [-0.3, -0.25) is 20.2 Å². The Balaban J connectivity index is 2.92. The van der Waals surface area contributed by atoms with Crippen LogP contribution in [0.4, 0.5) is 11.4 Å². The van der Waals surface area contributed by atoms with Gasteiger partial charge in [0.05, 0.1) is 21.7 Å². The first-order chi connectivity index (χ1) is 7.52. The normalized spacial score (nSPS) is 10.6. The van der Waals surface area contributed by atoms with Crippen LogP contribution < -0.4 is 0 Å². The second-order valence-corrected chi connectivity index (χ2v) is 3.18. The molecule has 0 bridgehead atoms. The zero-order chi connectivity index (χ0) is 11.9. The lowest BCUT2D eigenvalue weighted by molar-refractivity contribution is -0.394. The molecule has 0 aliphatic heterocycles. The second kappa shape index (κ2) is 3.26. The Morgan fingerprint density at radius 3 is 2.56 bits per heavy atom. The second-order valence-electron chi connectivity index (χ2n) is 3.18. The number of imidazole rings is 1. The number of hydrogen-bond acceptors (Lipinski definition) is 5. The summed E-state index contributed by atoms with van der Waals surface area (Å²) in [6, 6.07) is 1.24. The van der Waals surface area contributed by atoms with Gasteiger partial charge in [-0.15, -0.1) is 0 Å². The maximum atomic E-state index is 10.8. The Labute approximate surface area is 88.2 Å². The molecule has 2 aromatic rings. The Hall–Kier alpha value is -2.51. The zero-order valence-corrected chi connectivity index (χ0v) is 8.13. The molecule has 1 aromatic carbocycles. The predicted octanol–water partition coefficient (Wildman–Crippen LogP) is 1.69. The minimum absolute atomic E-state index is 0.00889. The smallest absolute Gasteiger partial charge is 0.306 e. The highest BCUT2D eigenvalue weighted by Gasteiger charge is 2.26. The van der Waals surface area contributed by atoms with Crippen molar-refractivity contribution in [1.82, 2.24) is 9.97 Å². The van der Waals surface area contributed by atoms with Gasteiger partial charge in [-0.1, -0.05) is 0 Å². The van der Waals surface area contributed by atoms with Crippen LogP contribution in [-0.4, -0.2) is 19.8 Å². The molecule has 0 saturated heterocycles. The Morgan fingerprint density at radius 2 is 2.00 bits per heavy atom. The molecule has 0 fully saturated rings. The van der Waals surface area contributed by atoms with Crippen LogP contribution in [0.3, 0.4) is 0 Å². The minimum Gasteiger partial charge on any atom is -0.344 e. The fraction of sp³-hybridized carbons (Fsp3) is 0.125. The van der Waals surface area contributed by atoms with Gasteiger partial charge in [0.15, 0.2) is 5.52 Å². The van der Waals surface area contributed by atoms with E-state index < -0.39 is 9.85 Å². The molecule has 1 N–H and O–H groups in total. The first-order valence-corrected chi connectivity index (χ1v) is 4.28. The number of H-pyrrole nitrogens is 1. The van der Waals surface area contributed by atoms with Crippen LogP contribution in [0.2, 0.25) is 0 Å². The van der Waals surface area contributed by atoms with E-state index in [9.17, 15) is 20.2 Å². The van der Waals surface area contributed by atoms with Crippen molar-refractivity contribution in [2.45, 2.75) is 6.92 Å². The van der Waals surface area contributed by atoms with Crippen LogP contribution >= 0.6 is 0 Å². The SMILES string of the molecule is Cc1c([N+](=O)[O-])cc2[nH]cnc2c1[N+](=O)[O-]. The van der Waals surface area contributed by atoms with Gasteiger partial charge < -0.3 is 4.98 Å². The predicted molar refractivity (Wildman–Crippen MR) is 54.1 cm³/mol. The fourth-order valence-electron chi connectivity index (χ4n) is 1.56. The van der Waals surface area contributed by atoms with Crippen molar-refractivity contribution in [2.75, 3.05) is 0 Å². The van der Waals surface area contributed by atoms with Gasteiger partial charge in [0.2, 0.25) is 0 Å². The van der Waals surface area contributed by atoms with E-state index in [1.165, 1.54) is 19.3 Å². The Bertz CT molecular complexity index is 603. The minimum atomic E-state index is -0.661. The monoisotopic (exact) mass is 222 g/mol. The number of nitrogens with one attached hydrogen (secondary N) is 1. The van der Waals surface area contributed by atoms with Crippen LogP contribution in [0.1, 0.15) is 5.56 Å². The first-order valence-electron chi connectivity index (χ1n) is 4.28. The van der Waals surface area contributed by atoms with E-state index in [1.807, 2.05) is 0 Å². The summed E-state index contributed by atoms with van der Waals surface area (Å²) in [6.07, 6.45) is 1.26. The summed E-state index contributed by atoms with van der Waals surface area (Å²) in [4.78, 5) is 26.6. The summed E-state index contributed by atoms with van der Waals surface area (Å²) in [5, 5.41) is 21.5. The third kappa shape index (κ3) is 1.28. The lowest BCUT2D eigenvalue weighted by atomic mass is 10.1. The van der Waals surface area contributed by atoms with Gasteiger partial charge in [0.1, 0.15) is 5.56 Å². The molecule has 0 radical (unpaired) electrons. The van der Waals surface area contributed by atoms with E-state index in [2.05, 4.69) is 9.97 Å². The van der Waals surface area contributed by atoms with E-state index in [4.69, 9.17) is 0 Å². The summed E-state index contributed by atoms with van der Waals surface area (Å²) in [6.45, 7) is 1.34. The van der Waals surface area contributed by atoms with Crippen molar-refractivity contribution >= 4 is 22.4 Å². The number of fused-ring (bicyclic) bond motifs is 1. The number of aromatic nitrogens is 2.